The van der Waals surface area contributed by atoms with Gasteiger partial charge < -0.3 is 16.2 Å². The highest BCUT2D eigenvalue weighted by molar-refractivity contribution is 5.79. The SMILES string of the molecule is CCC(C)CC(CC(=O)O)NC(=O)CN. The van der Waals surface area contributed by atoms with Crippen LogP contribution in [-0.2, 0) is 9.59 Å². The Morgan fingerprint density at radius 3 is 2.47 bits per heavy atom. The summed E-state index contributed by atoms with van der Waals surface area (Å²) >= 11 is 0. The first kappa shape index (κ1) is 13.9. The van der Waals surface area contributed by atoms with Gasteiger partial charge in [0.2, 0.25) is 5.91 Å². The average Bonchev–Trinajstić information content (AvgIpc) is 2.16. The Morgan fingerprint density at radius 2 is 2.07 bits per heavy atom. The molecule has 0 bridgehead atoms. The molecule has 0 aromatic carbocycles. The Balaban J connectivity index is 4.17. The van der Waals surface area contributed by atoms with Gasteiger partial charge in [-0.1, -0.05) is 20.3 Å². The van der Waals surface area contributed by atoms with Crippen LogP contribution >= 0.6 is 0 Å². The molecule has 2 atom stereocenters. The van der Waals surface area contributed by atoms with Gasteiger partial charge >= 0.3 is 5.97 Å². The van der Waals surface area contributed by atoms with Crippen molar-refractivity contribution in [2.24, 2.45) is 11.7 Å². The second kappa shape index (κ2) is 7.23. The first-order valence-corrected chi connectivity index (χ1v) is 5.20. The van der Waals surface area contributed by atoms with E-state index in [0.29, 0.717) is 12.3 Å². The summed E-state index contributed by atoms with van der Waals surface area (Å²) in [6, 6.07) is -0.312. The second-order valence-corrected chi connectivity index (χ2v) is 3.82. The average molecular weight is 216 g/mol. The van der Waals surface area contributed by atoms with Gasteiger partial charge in [0.25, 0.3) is 0 Å². The molecule has 88 valence electrons. The molecule has 0 spiro atoms. The third-order valence-electron chi connectivity index (χ3n) is 2.36. The number of aliphatic carboxylic acids is 1. The molecule has 0 aromatic heterocycles. The van der Waals surface area contributed by atoms with Crippen molar-refractivity contribution in [2.75, 3.05) is 6.54 Å². The Labute approximate surface area is 90.0 Å². The first-order chi connectivity index (χ1) is 6.99. The zero-order chi connectivity index (χ0) is 11.8. The fourth-order valence-corrected chi connectivity index (χ4v) is 1.34. The van der Waals surface area contributed by atoms with Crippen molar-refractivity contribution in [1.29, 1.82) is 0 Å². The molecule has 0 fully saturated rings. The van der Waals surface area contributed by atoms with Crippen LogP contribution < -0.4 is 11.1 Å². The van der Waals surface area contributed by atoms with Crippen LogP contribution in [-0.4, -0.2) is 29.6 Å². The molecule has 0 aromatic rings. The van der Waals surface area contributed by atoms with Crippen molar-refractivity contribution in [3.05, 3.63) is 0 Å². The van der Waals surface area contributed by atoms with Crippen LogP contribution in [0, 0.1) is 5.92 Å². The minimum absolute atomic E-state index is 0.0456. The Kier molecular flexibility index (Phi) is 6.70. The van der Waals surface area contributed by atoms with Crippen LogP contribution in [0.2, 0.25) is 0 Å². The lowest BCUT2D eigenvalue weighted by Gasteiger charge is -2.19. The maximum atomic E-state index is 11.0. The van der Waals surface area contributed by atoms with E-state index in [1.54, 1.807) is 0 Å². The molecule has 0 saturated carbocycles. The molecule has 0 aliphatic heterocycles. The second-order valence-electron chi connectivity index (χ2n) is 3.82. The highest BCUT2D eigenvalue weighted by Crippen LogP contribution is 2.12. The molecular formula is C10H20N2O3. The van der Waals surface area contributed by atoms with Gasteiger partial charge in [0.15, 0.2) is 0 Å². The molecule has 15 heavy (non-hydrogen) atoms. The molecule has 1 amide bonds. The predicted molar refractivity (Wildman–Crippen MR) is 57.3 cm³/mol. The lowest BCUT2D eigenvalue weighted by atomic mass is 9.97. The van der Waals surface area contributed by atoms with Gasteiger partial charge in [-0.25, -0.2) is 0 Å². The van der Waals surface area contributed by atoms with Gasteiger partial charge in [-0.3, -0.25) is 9.59 Å². The van der Waals surface area contributed by atoms with E-state index in [0.717, 1.165) is 6.42 Å². The number of hydrogen-bond donors (Lipinski definition) is 3. The standard InChI is InChI=1S/C10H20N2O3/c1-3-7(2)4-8(5-10(14)15)12-9(13)6-11/h7-8H,3-6,11H2,1-2H3,(H,12,13)(H,14,15). The number of nitrogens with two attached hydrogens (primary N) is 1. The highest BCUT2D eigenvalue weighted by Gasteiger charge is 2.17. The number of nitrogens with one attached hydrogen (secondary N) is 1. The van der Waals surface area contributed by atoms with Gasteiger partial charge in [0, 0.05) is 6.04 Å². The van der Waals surface area contributed by atoms with E-state index in [9.17, 15) is 9.59 Å². The van der Waals surface area contributed by atoms with Gasteiger partial charge in [-0.15, -0.1) is 0 Å². The maximum Gasteiger partial charge on any atom is 0.305 e. The normalized spacial score (nSPS) is 14.3. The van der Waals surface area contributed by atoms with E-state index >= 15 is 0 Å². The number of carboxylic acid groups (broad SMARTS) is 1. The van der Waals surface area contributed by atoms with Gasteiger partial charge in [0.1, 0.15) is 0 Å². The number of carboxylic acids is 1. The molecule has 2 unspecified atom stereocenters. The third-order valence-corrected chi connectivity index (χ3v) is 2.36. The van der Waals surface area contributed by atoms with Crippen molar-refractivity contribution in [2.45, 2.75) is 39.2 Å². The molecule has 0 radical (unpaired) electrons. The number of carbonyl (C=O) groups excluding carboxylic acids is 1. The van der Waals surface area contributed by atoms with E-state index < -0.39 is 5.97 Å². The van der Waals surface area contributed by atoms with Gasteiger partial charge in [0.05, 0.1) is 13.0 Å². The lowest BCUT2D eigenvalue weighted by molar-refractivity contribution is -0.137. The molecule has 0 aliphatic carbocycles. The largest absolute Gasteiger partial charge is 0.481 e. The minimum Gasteiger partial charge on any atom is -0.481 e. The van der Waals surface area contributed by atoms with Crippen LogP contribution in [0.5, 0.6) is 0 Å². The van der Waals surface area contributed by atoms with Crippen molar-refractivity contribution >= 4 is 11.9 Å². The monoisotopic (exact) mass is 216 g/mol. The van der Waals surface area contributed by atoms with Crippen molar-refractivity contribution < 1.29 is 14.7 Å². The van der Waals surface area contributed by atoms with Gasteiger partial charge in [-0.05, 0) is 12.3 Å². The van der Waals surface area contributed by atoms with Crippen LogP contribution in [0.3, 0.4) is 0 Å². The summed E-state index contributed by atoms with van der Waals surface area (Å²) in [6.07, 6.45) is 1.60. The van der Waals surface area contributed by atoms with Crippen molar-refractivity contribution in [3.63, 3.8) is 0 Å². The predicted octanol–water partition coefficient (Wildman–Crippen LogP) is 0.341. The summed E-state index contributed by atoms with van der Waals surface area (Å²) < 4.78 is 0. The fraction of sp³-hybridized carbons (Fsp3) is 0.800. The van der Waals surface area contributed by atoms with Gasteiger partial charge in [-0.2, -0.15) is 0 Å². The highest BCUT2D eigenvalue weighted by atomic mass is 16.4. The molecule has 5 heteroatoms. The van der Waals surface area contributed by atoms with E-state index in [1.807, 2.05) is 13.8 Å². The first-order valence-electron chi connectivity index (χ1n) is 5.20. The summed E-state index contributed by atoms with van der Waals surface area (Å²) in [6.45, 7) is 3.97. The number of carbonyl (C=O) groups is 2. The summed E-state index contributed by atoms with van der Waals surface area (Å²) in [7, 11) is 0. The van der Waals surface area contributed by atoms with E-state index in [-0.39, 0.29) is 24.9 Å². The Bertz CT molecular complexity index is 219. The smallest absolute Gasteiger partial charge is 0.305 e. The Morgan fingerprint density at radius 1 is 1.47 bits per heavy atom. The Hall–Kier alpha value is -1.10. The summed E-state index contributed by atoms with van der Waals surface area (Å²) in [5, 5.41) is 11.3. The minimum atomic E-state index is -0.902. The van der Waals surface area contributed by atoms with Crippen LogP contribution in [0.25, 0.3) is 0 Å². The summed E-state index contributed by atoms with van der Waals surface area (Å²) in [4.78, 5) is 21.6. The van der Waals surface area contributed by atoms with Crippen LogP contribution in [0.1, 0.15) is 33.1 Å². The van der Waals surface area contributed by atoms with Crippen molar-refractivity contribution in [3.8, 4) is 0 Å². The number of hydrogen-bond acceptors (Lipinski definition) is 3. The molecule has 0 heterocycles. The van der Waals surface area contributed by atoms with E-state index in [2.05, 4.69) is 5.32 Å². The number of amides is 1. The fourth-order valence-electron chi connectivity index (χ4n) is 1.34. The van der Waals surface area contributed by atoms with Crippen molar-refractivity contribution in [1.82, 2.24) is 5.32 Å². The number of rotatable bonds is 7. The summed E-state index contributed by atoms with van der Waals surface area (Å²) in [5.41, 5.74) is 5.15. The molecule has 0 rings (SSSR count). The van der Waals surface area contributed by atoms with E-state index in [1.165, 1.54) is 0 Å². The zero-order valence-corrected chi connectivity index (χ0v) is 9.32. The molecule has 0 saturated heterocycles. The molecule has 0 aliphatic rings. The van der Waals surface area contributed by atoms with E-state index in [4.69, 9.17) is 10.8 Å². The zero-order valence-electron chi connectivity index (χ0n) is 9.32. The van der Waals surface area contributed by atoms with Crippen LogP contribution in [0.15, 0.2) is 0 Å². The molecular weight excluding hydrogens is 196 g/mol. The molecule has 5 nitrogen and oxygen atoms in total. The quantitative estimate of drug-likeness (QED) is 0.572. The maximum absolute atomic E-state index is 11.0. The third kappa shape index (κ3) is 6.90. The molecule has 4 N–H and O–H groups in total. The van der Waals surface area contributed by atoms with Crippen LogP contribution in [0.4, 0.5) is 0 Å². The lowest BCUT2D eigenvalue weighted by Crippen LogP contribution is -2.40. The topological polar surface area (TPSA) is 92.4 Å². The summed E-state index contributed by atoms with van der Waals surface area (Å²) in [5.74, 6) is -0.808.